The quantitative estimate of drug-likeness (QED) is 0.610. The van der Waals surface area contributed by atoms with E-state index in [0.717, 1.165) is 17.2 Å². The first-order chi connectivity index (χ1) is 8.29. The number of phenols is 1. The van der Waals surface area contributed by atoms with Gasteiger partial charge in [-0.15, -0.1) is 0 Å². The molecule has 0 heterocycles. The van der Waals surface area contributed by atoms with Gasteiger partial charge in [0, 0.05) is 5.39 Å². The lowest BCUT2D eigenvalue weighted by Crippen LogP contribution is -1.85. The van der Waals surface area contributed by atoms with Crippen LogP contribution in [0, 0.1) is 0 Å². The Hall–Kier alpha value is -2.02. The molecule has 1 N–H and O–H groups in total. The Morgan fingerprint density at radius 1 is 0.882 bits per heavy atom. The number of hydrogen-bond donors (Lipinski definition) is 1. The Labute approximate surface area is 100 Å². The second-order valence-corrected chi connectivity index (χ2v) is 4.34. The molecule has 0 fully saturated rings. The topological polar surface area (TPSA) is 20.2 Å². The second kappa shape index (κ2) is 3.77. The van der Waals surface area contributed by atoms with E-state index in [1.54, 1.807) is 6.07 Å². The highest BCUT2D eigenvalue weighted by Gasteiger charge is 2.05. The van der Waals surface area contributed by atoms with E-state index in [9.17, 15) is 5.11 Å². The third-order valence-corrected chi connectivity index (χ3v) is 3.33. The van der Waals surface area contributed by atoms with Gasteiger partial charge in [-0.3, -0.25) is 0 Å². The minimum atomic E-state index is 0.364. The van der Waals surface area contributed by atoms with Gasteiger partial charge >= 0.3 is 0 Å². The molecule has 0 amide bonds. The molecular weight excluding hydrogens is 208 g/mol. The molecule has 3 aromatic rings. The maximum atomic E-state index is 9.95. The van der Waals surface area contributed by atoms with Crippen molar-refractivity contribution in [2.45, 2.75) is 13.3 Å². The Morgan fingerprint density at radius 2 is 1.53 bits per heavy atom. The van der Waals surface area contributed by atoms with E-state index < -0.39 is 0 Å². The smallest absolute Gasteiger partial charge is 0.123 e. The van der Waals surface area contributed by atoms with Gasteiger partial charge in [0.2, 0.25) is 0 Å². The average Bonchev–Trinajstić information content (AvgIpc) is 2.38. The standard InChI is InChI=1S/C16H14O/c1-2-11-7-8-16(17)15-10-13-6-4-3-5-12(13)9-14(11)15/h3-10,17H,2H2,1H3. The number of fused-ring (bicyclic) bond motifs is 2. The van der Waals surface area contributed by atoms with Crippen LogP contribution in [0.15, 0.2) is 48.5 Å². The molecule has 0 bridgehead atoms. The van der Waals surface area contributed by atoms with E-state index in [2.05, 4.69) is 31.2 Å². The van der Waals surface area contributed by atoms with Crippen molar-refractivity contribution in [2.24, 2.45) is 0 Å². The fourth-order valence-corrected chi connectivity index (χ4v) is 2.39. The van der Waals surface area contributed by atoms with Crippen LogP contribution in [0.3, 0.4) is 0 Å². The normalized spacial score (nSPS) is 11.1. The lowest BCUT2D eigenvalue weighted by atomic mass is 9.98. The number of rotatable bonds is 1. The highest BCUT2D eigenvalue weighted by molar-refractivity contribution is 6.02. The first kappa shape index (κ1) is 10.2. The van der Waals surface area contributed by atoms with Crippen LogP contribution in [0.1, 0.15) is 12.5 Å². The largest absolute Gasteiger partial charge is 0.507 e. The van der Waals surface area contributed by atoms with Crippen LogP contribution in [-0.2, 0) is 6.42 Å². The maximum Gasteiger partial charge on any atom is 0.123 e. The molecule has 0 aliphatic heterocycles. The molecule has 3 rings (SSSR count). The van der Waals surface area contributed by atoms with Crippen LogP contribution < -0.4 is 0 Å². The molecular formula is C16H14O. The highest BCUT2D eigenvalue weighted by atomic mass is 16.3. The Balaban J connectivity index is 2.50. The summed E-state index contributed by atoms with van der Waals surface area (Å²) < 4.78 is 0. The zero-order chi connectivity index (χ0) is 11.8. The van der Waals surface area contributed by atoms with Crippen molar-refractivity contribution in [3.63, 3.8) is 0 Å². The van der Waals surface area contributed by atoms with Gasteiger partial charge < -0.3 is 5.11 Å². The van der Waals surface area contributed by atoms with E-state index >= 15 is 0 Å². The lowest BCUT2D eigenvalue weighted by molar-refractivity contribution is 0.481. The Morgan fingerprint density at radius 3 is 2.18 bits per heavy atom. The zero-order valence-electron chi connectivity index (χ0n) is 9.77. The fraction of sp³-hybridized carbons (Fsp3) is 0.125. The molecule has 0 saturated heterocycles. The van der Waals surface area contributed by atoms with E-state index in [1.807, 2.05) is 18.2 Å². The van der Waals surface area contributed by atoms with Gasteiger partial charge in [-0.05, 0) is 46.3 Å². The van der Waals surface area contributed by atoms with E-state index in [1.165, 1.54) is 16.3 Å². The van der Waals surface area contributed by atoms with Crippen LogP contribution in [0.5, 0.6) is 5.75 Å². The molecule has 0 unspecified atom stereocenters. The van der Waals surface area contributed by atoms with Gasteiger partial charge in [-0.2, -0.15) is 0 Å². The number of aromatic hydroxyl groups is 1. The van der Waals surface area contributed by atoms with E-state index in [-0.39, 0.29) is 0 Å². The van der Waals surface area contributed by atoms with Crippen LogP contribution in [-0.4, -0.2) is 5.11 Å². The number of phenolic OH excluding ortho intramolecular Hbond substituents is 1. The van der Waals surface area contributed by atoms with Gasteiger partial charge in [0.1, 0.15) is 5.75 Å². The minimum absolute atomic E-state index is 0.364. The third-order valence-electron chi connectivity index (χ3n) is 3.33. The summed E-state index contributed by atoms with van der Waals surface area (Å²) in [6.07, 6.45) is 0.981. The summed E-state index contributed by atoms with van der Waals surface area (Å²) in [5.74, 6) is 0.364. The number of benzene rings is 3. The summed E-state index contributed by atoms with van der Waals surface area (Å²) >= 11 is 0. The molecule has 17 heavy (non-hydrogen) atoms. The number of hydrogen-bond acceptors (Lipinski definition) is 1. The minimum Gasteiger partial charge on any atom is -0.507 e. The van der Waals surface area contributed by atoms with E-state index in [4.69, 9.17) is 0 Å². The molecule has 0 aliphatic rings. The first-order valence-electron chi connectivity index (χ1n) is 5.93. The summed E-state index contributed by atoms with van der Waals surface area (Å²) in [6, 6.07) is 16.3. The van der Waals surface area contributed by atoms with Crippen molar-refractivity contribution in [2.75, 3.05) is 0 Å². The van der Waals surface area contributed by atoms with Gasteiger partial charge in [0.15, 0.2) is 0 Å². The molecule has 0 saturated carbocycles. The summed E-state index contributed by atoms with van der Waals surface area (Å²) in [7, 11) is 0. The van der Waals surface area contributed by atoms with Crippen molar-refractivity contribution in [3.8, 4) is 5.75 Å². The number of aryl methyl sites for hydroxylation is 1. The molecule has 0 aromatic heterocycles. The van der Waals surface area contributed by atoms with Crippen LogP contribution in [0.2, 0.25) is 0 Å². The highest BCUT2D eigenvalue weighted by Crippen LogP contribution is 2.31. The monoisotopic (exact) mass is 222 g/mol. The maximum absolute atomic E-state index is 9.95. The van der Waals surface area contributed by atoms with Crippen molar-refractivity contribution in [1.29, 1.82) is 0 Å². The lowest BCUT2D eigenvalue weighted by Gasteiger charge is -2.08. The SMILES string of the molecule is CCc1ccc(O)c2cc3ccccc3cc12. The van der Waals surface area contributed by atoms with E-state index in [0.29, 0.717) is 5.75 Å². The van der Waals surface area contributed by atoms with Crippen molar-refractivity contribution in [1.82, 2.24) is 0 Å². The predicted octanol–water partition coefficient (Wildman–Crippen LogP) is 4.26. The second-order valence-electron chi connectivity index (χ2n) is 4.34. The fourth-order valence-electron chi connectivity index (χ4n) is 2.39. The molecule has 1 heteroatoms. The molecule has 84 valence electrons. The van der Waals surface area contributed by atoms with Crippen molar-refractivity contribution in [3.05, 3.63) is 54.1 Å². The first-order valence-corrected chi connectivity index (χ1v) is 5.93. The Bertz CT molecular complexity index is 698. The van der Waals surface area contributed by atoms with Crippen LogP contribution in [0.25, 0.3) is 21.5 Å². The van der Waals surface area contributed by atoms with Gasteiger partial charge in [0.25, 0.3) is 0 Å². The van der Waals surface area contributed by atoms with Gasteiger partial charge in [-0.1, -0.05) is 37.3 Å². The molecule has 0 atom stereocenters. The third kappa shape index (κ3) is 1.55. The van der Waals surface area contributed by atoms with Gasteiger partial charge in [-0.25, -0.2) is 0 Å². The average molecular weight is 222 g/mol. The molecule has 0 spiro atoms. The molecule has 3 aromatic carbocycles. The van der Waals surface area contributed by atoms with Crippen molar-refractivity contribution >= 4 is 21.5 Å². The summed E-state index contributed by atoms with van der Waals surface area (Å²) in [6.45, 7) is 2.14. The summed E-state index contributed by atoms with van der Waals surface area (Å²) in [4.78, 5) is 0. The van der Waals surface area contributed by atoms with Gasteiger partial charge in [0.05, 0.1) is 0 Å². The van der Waals surface area contributed by atoms with Crippen LogP contribution in [0.4, 0.5) is 0 Å². The van der Waals surface area contributed by atoms with Crippen molar-refractivity contribution < 1.29 is 5.11 Å². The summed E-state index contributed by atoms with van der Waals surface area (Å²) in [5.41, 5.74) is 1.28. The molecule has 0 radical (unpaired) electrons. The predicted molar refractivity (Wildman–Crippen MR) is 72.5 cm³/mol. The van der Waals surface area contributed by atoms with Crippen LogP contribution >= 0.6 is 0 Å². The Kier molecular flexibility index (Phi) is 2.25. The molecule has 0 aliphatic carbocycles. The summed E-state index contributed by atoms with van der Waals surface area (Å²) in [5, 5.41) is 14.4. The zero-order valence-corrected chi connectivity index (χ0v) is 9.77. The molecule has 1 nitrogen and oxygen atoms in total.